The summed E-state index contributed by atoms with van der Waals surface area (Å²) in [7, 11) is 1.52. The lowest BCUT2D eigenvalue weighted by atomic mass is 10.2. The molecule has 0 atom stereocenters. The molecule has 2 rings (SSSR count). The predicted molar refractivity (Wildman–Crippen MR) is 92.1 cm³/mol. The zero-order chi connectivity index (χ0) is 18.4. The molecule has 1 aromatic heterocycles. The number of hydrogen-bond donors (Lipinski definition) is 1. The molecule has 0 aliphatic heterocycles. The Hall–Kier alpha value is -1.93. The van der Waals surface area contributed by atoms with E-state index in [0.717, 1.165) is 12.3 Å². The van der Waals surface area contributed by atoms with E-state index in [1.165, 1.54) is 31.2 Å². The Bertz CT molecular complexity index is 770. The van der Waals surface area contributed by atoms with Crippen LogP contribution in [0.15, 0.2) is 40.5 Å². The molecule has 1 N–H and O–H groups in total. The number of thioether (sulfide) groups is 1. The summed E-state index contributed by atoms with van der Waals surface area (Å²) in [6, 6.07) is 5.62. The average molecular weight is 391 g/mol. The zero-order valence-electron chi connectivity index (χ0n) is 13.0. The van der Waals surface area contributed by atoms with Crippen LogP contribution in [0.4, 0.5) is 13.2 Å². The van der Waals surface area contributed by atoms with Crippen molar-refractivity contribution < 1.29 is 23.0 Å². The molecular weight excluding hydrogens is 377 g/mol. The van der Waals surface area contributed by atoms with Gasteiger partial charge in [0, 0.05) is 30.3 Å². The first-order valence-corrected chi connectivity index (χ1v) is 8.40. The molecule has 1 aromatic carbocycles. The number of phenols is 1. The highest BCUT2D eigenvalue weighted by Crippen LogP contribution is 2.33. The highest BCUT2D eigenvalue weighted by molar-refractivity contribution is 7.99. The van der Waals surface area contributed by atoms with Crippen LogP contribution in [0, 0.1) is 0 Å². The van der Waals surface area contributed by atoms with Crippen molar-refractivity contribution in [2.75, 3.05) is 19.4 Å². The van der Waals surface area contributed by atoms with Crippen LogP contribution < -0.4 is 4.74 Å². The number of alkyl halides is 3. The maximum absolute atomic E-state index is 12.5. The molecule has 0 amide bonds. The number of aliphatic imine (C=N–C) groups is 1. The van der Waals surface area contributed by atoms with Gasteiger partial charge in [0.1, 0.15) is 16.5 Å². The van der Waals surface area contributed by atoms with E-state index in [1.54, 1.807) is 12.1 Å². The van der Waals surface area contributed by atoms with Gasteiger partial charge in [-0.05, 0) is 24.3 Å². The highest BCUT2D eigenvalue weighted by atomic mass is 35.5. The number of methoxy groups -OCH3 is 1. The standard InChI is InChI=1S/C16H14ClF3N2O2S/c1-24-12-2-3-14(23)10(6-12)8-21-4-5-25-15-13(17)7-11(9-22-15)16(18,19)20/h2-3,6-9,23H,4-5H2,1H3. The SMILES string of the molecule is COc1ccc(O)c(C=NCCSc2ncc(C(F)(F)F)cc2Cl)c1. The lowest BCUT2D eigenvalue weighted by molar-refractivity contribution is -0.137. The topological polar surface area (TPSA) is 54.7 Å². The Balaban J connectivity index is 1.91. The molecule has 0 saturated carbocycles. The Morgan fingerprint density at radius 2 is 2.12 bits per heavy atom. The Kier molecular flexibility index (Phi) is 6.55. The molecule has 0 saturated heterocycles. The number of pyridine rings is 1. The van der Waals surface area contributed by atoms with Crippen LogP contribution >= 0.6 is 23.4 Å². The van der Waals surface area contributed by atoms with Crippen molar-refractivity contribution in [3.63, 3.8) is 0 Å². The molecular formula is C16H14ClF3N2O2S. The molecule has 0 aliphatic rings. The Morgan fingerprint density at radius 1 is 1.36 bits per heavy atom. The van der Waals surface area contributed by atoms with Crippen molar-refractivity contribution in [3.8, 4) is 11.5 Å². The summed E-state index contributed by atoms with van der Waals surface area (Å²) in [5, 5.41) is 9.99. The van der Waals surface area contributed by atoms with E-state index in [2.05, 4.69) is 9.98 Å². The predicted octanol–water partition coefficient (Wildman–Crippen LogP) is 4.68. The fourth-order valence-corrected chi connectivity index (χ4v) is 2.85. The van der Waals surface area contributed by atoms with Crippen molar-refractivity contribution in [1.82, 2.24) is 4.98 Å². The highest BCUT2D eigenvalue weighted by Gasteiger charge is 2.31. The number of halogens is 4. The first-order valence-electron chi connectivity index (χ1n) is 7.03. The number of phenolic OH excluding ortho intramolecular Hbond substituents is 1. The fraction of sp³-hybridized carbons (Fsp3) is 0.250. The molecule has 0 fully saturated rings. The molecule has 0 unspecified atom stereocenters. The number of aromatic hydroxyl groups is 1. The van der Waals surface area contributed by atoms with Gasteiger partial charge in [0.2, 0.25) is 0 Å². The number of rotatable bonds is 6. The molecule has 0 spiro atoms. The van der Waals surface area contributed by atoms with E-state index in [0.29, 0.717) is 28.6 Å². The minimum atomic E-state index is -4.47. The second kappa shape index (κ2) is 8.44. The molecule has 4 nitrogen and oxygen atoms in total. The minimum absolute atomic E-state index is 0.0470. The van der Waals surface area contributed by atoms with Crippen LogP contribution in [-0.2, 0) is 6.18 Å². The van der Waals surface area contributed by atoms with Crippen LogP contribution in [-0.4, -0.2) is 35.7 Å². The summed E-state index contributed by atoms with van der Waals surface area (Å²) >= 11 is 7.03. The van der Waals surface area contributed by atoms with Gasteiger partial charge in [0.15, 0.2) is 0 Å². The minimum Gasteiger partial charge on any atom is -0.507 e. The lowest BCUT2D eigenvalue weighted by Gasteiger charge is -2.08. The molecule has 0 radical (unpaired) electrons. The van der Waals surface area contributed by atoms with Crippen molar-refractivity contribution in [2.24, 2.45) is 4.99 Å². The van der Waals surface area contributed by atoms with E-state index >= 15 is 0 Å². The zero-order valence-corrected chi connectivity index (χ0v) is 14.6. The van der Waals surface area contributed by atoms with Gasteiger partial charge in [0.25, 0.3) is 0 Å². The second-order valence-corrected chi connectivity index (χ2v) is 6.31. The van der Waals surface area contributed by atoms with E-state index in [-0.39, 0.29) is 10.8 Å². The Labute approximate surface area is 151 Å². The lowest BCUT2D eigenvalue weighted by Crippen LogP contribution is -2.05. The van der Waals surface area contributed by atoms with Crippen LogP contribution in [0.1, 0.15) is 11.1 Å². The maximum Gasteiger partial charge on any atom is 0.417 e. The first-order chi connectivity index (χ1) is 11.8. The van der Waals surface area contributed by atoms with Crippen LogP contribution in [0.3, 0.4) is 0 Å². The van der Waals surface area contributed by atoms with Gasteiger partial charge in [-0.1, -0.05) is 11.6 Å². The average Bonchev–Trinajstić information content (AvgIpc) is 2.56. The van der Waals surface area contributed by atoms with Gasteiger partial charge < -0.3 is 9.84 Å². The number of hydrogen-bond acceptors (Lipinski definition) is 5. The van der Waals surface area contributed by atoms with Crippen LogP contribution in [0.2, 0.25) is 5.02 Å². The van der Waals surface area contributed by atoms with Crippen LogP contribution in [0.5, 0.6) is 11.5 Å². The van der Waals surface area contributed by atoms with Crippen molar-refractivity contribution in [2.45, 2.75) is 11.2 Å². The van der Waals surface area contributed by atoms with Gasteiger partial charge in [-0.2, -0.15) is 13.2 Å². The summed E-state index contributed by atoms with van der Waals surface area (Å²) < 4.78 is 42.7. The molecule has 25 heavy (non-hydrogen) atoms. The maximum atomic E-state index is 12.5. The summed E-state index contributed by atoms with van der Waals surface area (Å²) in [6.07, 6.45) is -2.21. The summed E-state index contributed by atoms with van der Waals surface area (Å²) in [4.78, 5) is 7.91. The van der Waals surface area contributed by atoms with Gasteiger partial charge in [0.05, 0.1) is 17.7 Å². The number of aromatic nitrogens is 1. The normalized spacial score (nSPS) is 11.9. The summed E-state index contributed by atoms with van der Waals surface area (Å²) in [5.74, 6) is 1.14. The molecule has 2 aromatic rings. The molecule has 9 heteroatoms. The summed E-state index contributed by atoms with van der Waals surface area (Å²) in [6.45, 7) is 0.375. The number of benzene rings is 1. The first kappa shape index (κ1) is 19.4. The van der Waals surface area contributed by atoms with E-state index in [4.69, 9.17) is 16.3 Å². The van der Waals surface area contributed by atoms with Crippen molar-refractivity contribution in [1.29, 1.82) is 0 Å². The van der Waals surface area contributed by atoms with E-state index in [9.17, 15) is 18.3 Å². The summed E-state index contributed by atoms with van der Waals surface area (Å²) in [5.41, 5.74) is -0.372. The number of ether oxygens (including phenoxy) is 1. The smallest absolute Gasteiger partial charge is 0.417 e. The third-order valence-electron chi connectivity index (χ3n) is 3.06. The quantitative estimate of drug-likeness (QED) is 0.442. The number of nitrogens with zero attached hydrogens (tertiary/aromatic N) is 2. The Morgan fingerprint density at radius 3 is 2.76 bits per heavy atom. The third kappa shape index (κ3) is 5.54. The van der Waals surface area contributed by atoms with E-state index in [1.807, 2.05) is 0 Å². The molecule has 0 aliphatic carbocycles. The van der Waals surface area contributed by atoms with Crippen LogP contribution in [0.25, 0.3) is 0 Å². The third-order valence-corrected chi connectivity index (χ3v) is 4.44. The second-order valence-electron chi connectivity index (χ2n) is 4.82. The van der Waals surface area contributed by atoms with Gasteiger partial charge >= 0.3 is 6.18 Å². The molecule has 1 heterocycles. The van der Waals surface area contributed by atoms with Crippen molar-refractivity contribution >= 4 is 29.6 Å². The van der Waals surface area contributed by atoms with E-state index < -0.39 is 11.7 Å². The largest absolute Gasteiger partial charge is 0.507 e. The van der Waals surface area contributed by atoms with Gasteiger partial charge in [-0.15, -0.1) is 11.8 Å². The van der Waals surface area contributed by atoms with Gasteiger partial charge in [-0.25, -0.2) is 4.98 Å². The molecule has 0 bridgehead atoms. The van der Waals surface area contributed by atoms with Gasteiger partial charge in [-0.3, -0.25) is 4.99 Å². The fourth-order valence-electron chi connectivity index (χ4n) is 1.81. The monoisotopic (exact) mass is 390 g/mol. The van der Waals surface area contributed by atoms with Crippen molar-refractivity contribution in [3.05, 3.63) is 46.6 Å². The molecule has 134 valence electrons.